The highest BCUT2D eigenvalue weighted by molar-refractivity contribution is 5.79. The molecule has 0 fully saturated rings. The van der Waals surface area contributed by atoms with E-state index in [0.29, 0.717) is 0 Å². The fraction of sp³-hybridized carbons (Fsp3) is 0. The monoisotopic (exact) mass is 421 g/mol. The van der Waals surface area contributed by atoms with E-state index in [1.165, 1.54) is 5.56 Å². The minimum atomic E-state index is -4.94. The molecule has 0 aliphatic rings. The summed E-state index contributed by atoms with van der Waals surface area (Å²) in [6, 6.07) is 29.0. The summed E-state index contributed by atoms with van der Waals surface area (Å²) in [4.78, 5) is 4.85. The summed E-state index contributed by atoms with van der Waals surface area (Å²) < 4.78 is 38.3. The van der Waals surface area contributed by atoms with Gasteiger partial charge >= 0.3 is 5.78 Å². The molecular formula is C22H16ClN3O4. The number of para-hydroxylation sites is 3. The molecule has 0 bridgehead atoms. The van der Waals surface area contributed by atoms with Crippen LogP contribution >= 0.6 is 0 Å². The Labute approximate surface area is 174 Å². The smallest absolute Gasteiger partial charge is 0.222 e. The highest BCUT2D eigenvalue weighted by Gasteiger charge is 2.19. The Morgan fingerprint density at radius 1 is 0.700 bits per heavy atom. The van der Waals surface area contributed by atoms with Crippen LogP contribution in [0.4, 0.5) is 0 Å². The molecule has 0 amide bonds. The van der Waals surface area contributed by atoms with Crippen LogP contribution in [-0.2, 0) is 0 Å². The fourth-order valence-electron chi connectivity index (χ4n) is 3.26. The predicted molar refractivity (Wildman–Crippen MR) is 99.7 cm³/mol. The lowest BCUT2D eigenvalue weighted by molar-refractivity contribution is -2.00. The zero-order valence-corrected chi connectivity index (χ0v) is 16.3. The molecule has 3 aromatic carbocycles. The van der Waals surface area contributed by atoms with Crippen molar-refractivity contribution in [3.8, 4) is 16.8 Å². The van der Waals surface area contributed by atoms with Crippen LogP contribution in [0.5, 0.6) is 0 Å². The van der Waals surface area contributed by atoms with E-state index >= 15 is 0 Å². The molecule has 150 valence electrons. The normalized spacial score (nSPS) is 11.3. The molecule has 5 aromatic rings. The Morgan fingerprint density at radius 3 is 1.93 bits per heavy atom. The van der Waals surface area contributed by atoms with E-state index in [2.05, 4.69) is 88.1 Å². The average Bonchev–Trinajstić information content (AvgIpc) is 3.12. The molecule has 0 saturated heterocycles. The summed E-state index contributed by atoms with van der Waals surface area (Å²) in [6.07, 6.45) is 4.32. The Hall–Kier alpha value is -3.33. The fourth-order valence-corrected chi connectivity index (χ4v) is 3.26. The summed E-state index contributed by atoms with van der Waals surface area (Å²) in [5, 5.41) is 0. The first-order valence-corrected chi connectivity index (χ1v) is 10.2. The molecule has 0 saturated carbocycles. The number of imidazole rings is 1. The maximum atomic E-state index is 8.49. The van der Waals surface area contributed by atoms with Gasteiger partial charge in [-0.25, -0.2) is 23.2 Å². The molecule has 0 radical (unpaired) electrons. The Morgan fingerprint density at radius 2 is 1.27 bits per heavy atom. The second kappa shape index (κ2) is 8.19. The van der Waals surface area contributed by atoms with Crippen LogP contribution in [-0.4, -0.2) is 9.38 Å². The quantitative estimate of drug-likeness (QED) is 0.362. The number of fused-ring (bicyclic) bond motifs is 3. The molecule has 0 aliphatic carbocycles. The van der Waals surface area contributed by atoms with Crippen molar-refractivity contribution >= 4 is 16.8 Å². The summed E-state index contributed by atoms with van der Waals surface area (Å²) in [5.41, 5.74) is 5.55. The van der Waals surface area contributed by atoms with Gasteiger partial charge in [-0.1, -0.05) is 65.6 Å². The number of nitrogens with zero attached hydrogens (tertiary/aromatic N) is 3. The van der Waals surface area contributed by atoms with Gasteiger partial charge in [-0.2, -0.15) is 4.40 Å². The highest BCUT2D eigenvalue weighted by Crippen LogP contribution is 2.21. The number of hydrogen-bond donors (Lipinski definition) is 0. The van der Waals surface area contributed by atoms with E-state index in [1.807, 2.05) is 18.2 Å². The van der Waals surface area contributed by atoms with E-state index in [0.717, 1.165) is 28.1 Å². The highest BCUT2D eigenvalue weighted by atomic mass is 35.7. The molecule has 7 nitrogen and oxygen atoms in total. The Kier molecular flexibility index (Phi) is 5.45. The van der Waals surface area contributed by atoms with Gasteiger partial charge in [0, 0.05) is 5.56 Å². The maximum absolute atomic E-state index is 8.49. The lowest BCUT2D eigenvalue weighted by atomic mass is 10.1. The van der Waals surface area contributed by atoms with E-state index in [9.17, 15) is 0 Å². The molecule has 0 atom stereocenters. The van der Waals surface area contributed by atoms with Crippen molar-refractivity contribution in [1.29, 1.82) is 0 Å². The van der Waals surface area contributed by atoms with Gasteiger partial charge in [0.15, 0.2) is 5.52 Å². The van der Waals surface area contributed by atoms with Crippen molar-refractivity contribution in [2.75, 3.05) is 0 Å². The number of benzene rings is 3. The topological polar surface area (TPSA) is 113 Å². The molecule has 0 spiro atoms. The van der Waals surface area contributed by atoms with E-state index < -0.39 is 10.2 Å². The largest absolute Gasteiger partial charge is 0.409 e. The first kappa shape index (κ1) is 20.0. The van der Waals surface area contributed by atoms with Gasteiger partial charge < -0.3 is 0 Å². The maximum Gasteiger partial charge on any atom is 0.409 e. The third kappa shape index (κ3) is 4.46. The van der Waals surface area contributed by atoms with Crippen LogP contribution < -0.4 is 23.2 Å². The molecule has 0 N–H and O–H groups in total. The van der Waals surface area contributed by atoms with Gasteiger partial charge in [0.1, 0.15) is 11.2 Å². The standard InChI is InChI=1S/C22H16N3.ClHO4/c1-3-9-17(10-4-1)18-15-24(19-11-5-2-6-12-19)22-23-20-13-7-8-14-21(20)25(22)16-18;2-1(3,4)5/h1-16H;(H,2,3,4,5)/q+1;/p-1. The summed E-state index contributed by atoms with van der Waals surface area (Å²) in [6.45, 7) is 0. The van der Waals surface area contributed by atoms with Crippen molar-refractivity contribution in [3.05, 3.63) is 97.3 Å². The number of aromatic nitrogens is 3. The second-order valence-electron chi connectivity index (χ2n) is 6.43. The predicted octanol–water partition coefficient (Wildman–Crippen LogP) is -0.325. The van der Waals surface area contributed by atoms with Crippen molar-refractivity contribution in [1.82, 2.24) is 9.38 Å². The first-order chi connectivity index (χ1) is 14.4. The van der Waals surface area contributed by atoms with Gasteiger partial charge in [-0.05, 0) is 29.8 Å². The average molecular weight is 422 g/mol. The Balaban J connectivity index is 0.000000393. The number of halogens is 1. The molecule has 5 rings (SSSR count). The number of hydrogen-bond acceptors (Lipinski definition) is 5. The molecule has 8 heteroatoms. The van der Waals surface area contributed by atoms with Crippen molar-refractivity contribution in [3.63, 3.8) is 0 Å². The zero-order valence-electron chi connectivity index (χ0n) is 15.6. The van der Waals surface area contributed by atoms with E-state index in [-0.39, 0.29) is 0 Å². The lowest BCUT2D eigenvalue weighted by Gasteiger charge is -2.17. The summed E-state index contributed by atoms with van der Waals surface area (Å²) in [5.74, 6) is 0.909. The molecule has 30 heavy (non-hydrogen) atoms. The third-order valence-corrected chi connectivity index (χ3v) is 4.47. The van der Waals surface area contributed by atoms with Crippen LogP contribution in [0.1, 0.15) is 0 Å². The van der Waals surface area contributed by atoms with Gasteiger partial charge in [0.05, 0.1) is 12.4 Å². The van der Waals surface area contributed by atoms with Gasteiger partial charge in [0.25, 0.3) is 0 Å². The SMILES string of the molecule is [O-][Cl+3]([O-])([O-])[O-].c1ccc(-c2cn3c4ccccc4nc3[n+](-c3ccccc3)c2)cc1. The first-order valence-electron chi connectivity index (χ1n) is 8.95. The van der Waals surface area contributed by atoms with Crippen molar-refractivity contribution in [2.45, 2.75) is 0 Å². The minimum Gasteiger partial charge on any atom is -0.222 e. The lowest BCUT2D eigenvalue weighted by Crippen LogP contribution is -2.68. The molecular weight excluding hydrogens is 406 g/mol. The van der Waals surface area contributed by atoms with Crippen LogP contribution in [0.25, 0.3) is 33.6 Å². The van der Waals surface area contributed by atoms with Gasteiger partial charge in [-0.15, -0.1) is 10.2 Å². The summed E-state index contributed by atoms with van der Waals surface area (Å²) >= 11 is 0. The molecule has 2 heterocycles. The molecule has 2 aromatic heterocycles. The second-order valence-corrected chi connectivity index (χ2v) is 7.19. The number of rotatable bonds is 2. The summed E-state index contributed by atoms with van der Waals surface area (Å²) in [7, 11) is -4.94. The minimum absolute atomic E-state index is 0.909. The van der Waals surface area contributed by atoms with Crippen LogP contribution in [0, 0.1) is 10.2 Å². The van der Waals surface area contributed by atoms with Crippen LogP contribution in [0.3, 0.4) is 0 Å². The van der Waals surface area contributed by atoms with Crippen molar-refractivity contribution in [2.24, 2.45) is 0 Å². The Bertz CT molecular complexity index is 1280. The third-order valence-electron chi connectivity index (χ3n) is 4.47. The molecule has 0 unspecified atom stereocenters. The molecule has 0 aliphatic heterocycles. The zero-order chi connectivity index (χ0) is 21.1. The van der Waals surface area contributed by atoms with Gasteiger partial charge in [-0.3, -0.25) is 0 Å². The van der Waals surface area contributed by atoms with E-state index in [1.54, 1.807) is 0 Å². The van der Waals surface area contributed by atoms with Crippen LogP contribution in [0.15, 0.2) is 97.3 Å². The van der Waals surface area contributed by atoms with Crippen molar-refractivity contribution < 1.29 is 33.4 Å². The van der Waals surface area contributed by atoms with E-state index in [4.69, 9.17) is 23.6 Å². The van der Waals surface area contributed by atoms with Crippen LogP contribution in [0.2, 0.25) is 0 Å². The van der Waals surface area contributed by atoms with Gasteiger partial charge in [0.2, 0.25) is 0 Å².